The molecule has 0 spiro atoms. The summed E-state index contributed by atoms with van der Waals surface area (Å²) in [5.74, 6) is 0.860. The van der Waals surface area contributed by atoms with Crippen LogP contribution in [0.15, 0.2) is 12.4 Å². The van der Waals surface area contributed by atoms with Gasteiger partial charge in [-0.15, -0.1) is 5.10 Å². The Morgan fingerprint density at radius 3 is 2.94 bits per heavy atom. The molecule has 7 nitrogen and oxygen atoms in total. The number of rotatable bonds is 4. The van der Waals surface area contributed by atoms with Gasteiger partial charge in [-0.25, -0.2) is 0 Å². The van der Waals surface area contributed by atoms with Gasteiger partial charge in [0.05, 0.1) is 19.0 Å². The average molecular weight is 248 g/mol. The second-order valence-electron chi connectivity index (χ2n) is 4.57. The maximum absolute atomic E-state index is 9.26. The number of tetrazole rings is 1. The summed E-state index contributed by atoms with van der Waals surface area (Å²) in [7, 11) is 0. The summed E-state index contributed by atoms with van der Waals surface area (Å²) in [6.45, 7) is 0.709. The quantitative estimate of drug-likeness (QED) is 0.836. The van der Waals surface area contributed by atoms with Gasteiger partial charge >= 0.3 is 0 Å². The number of aliphatic hydroxyl groups excluding tert-OH is 1. The monoisotopic (exact) mass is 248 g/mol. The number of hydrogen-bond acceptors (Lipinski definition) is 6. The van der Waals surface area contributed by atoms with Gasteiger partial charge in [0.25, 0.3) is 0 Å². The lowest BCUT2D eigenvalue weighted by Crippen LogP contribution is -2.37. The number of fused-ring (bicyclic) bond motifs is 1. The average Bonchev–Trinajstić information content (AvgIpc) is 3.06. The van der Waals surface area contributed by atoms with Gasteiger partial charge in [-0.2, -0.15) is 4.52 Å². The molecule has 1 aliphatic rings. The Morgan fingerprint density at radius 1 is 1.33 bits per heavy atom. The third-order valence-corrected chi connectivity index (χ3v) is 3.49. The molecule has 0 aliphatic heterocycles. The predicted molar refractivity (Wildman–Crippen MR) is 65.3 cm³/mol. The molecule has 0 saturated heterocycles. The standard InChI is InChI=1S/C11H16N6O/c18-6-5-16(9-3-1-2-4-9)11-8-12-7-10-13-14-15-17(10)11/h7-9,18H,1-6H2. The zero-order valence-corrected chi connectivity index (χ0v) is 10.1. The highest BCUT2D eigenvalue weighted by Gasteiger charge is 2.24. The molecule has 18 heavy (non-hydrogen) atoms. The van der Waals surface area contributed by atoms with Crippen molar-refractivity contribution in [2.24, 2.45) is 0 Å². The van der Waals surface area contributed by atoms with Crippen molar-refractivity contribution in [2.45, 2.75) is 31.7 Å². The Kier molecular flexibility index (Phi) is 3.06. The van der Waals surface area contributed by atoms with E-state index in [0.29, 0.717) is 18.2 Å². The number of nitrogens with zero attached hydrogens (tertiary/aromatic N) is 6. The molecule has 2 heterocycles. The van der Waals surface area contributed by atoms with Crippen molar-refractivity contribution in [3.8, 4) is 0 Å². The Bertz CT molecular complexity index is 521. The van der Waals surface area contributed by atoms with Crippen molar-refractivity contribution < 1.29 is 5.11 Å². The second-order valence-corrected chi connectivity index (χ2v) is 4.57. The normalized spacial score (nSPS) is 16.5. The minimum atomic E-state index is 0.120. The van der Waals surface area contributed by atoms with E-state index in [1.54, 1.807) is 16.9 Å². The molecule has 0 amide bonds. The van der Waals surface area contributed by atoms with Crippen LogP contribution in [0.2, 0.25) is 0 Å². The van der Waals surface area contributed by atoms with E-state index in [9.17, 15) is 5.11 Å². The highest BCUT2D eigenvalue weighted by atomic mass is 16.3. The molecule has 2 aromatic heterocycles. The van der Waals surface area contributed by atoms with E-state index < -0.39 is 0 Å². The fourth-order valence-electron chi connectivity index (χ4n) is 2.67. The lowest BCUT2D eigenvalue weighted by Gasteiger charge is -2.29. The molecule has 0 radical (unpaired) electrons. The summed E-state index contributed by atoms with van der Waals surface area (Å²) in [5.41, 5.74) is 0.633. The maximum Gasteiger partial charge on any atom is 0.199 e. The molecule has 1 fully saturated rings. The summed E-state index contributed by atoms with van der Waals surface area (Å²) in [6.07, 6.45) is 8.18. The van der Waals surface area contributed by atoms with Gasteiger partial charge in [0, 0.05) is 12.6 Å². The van der Waals surface area contributed by atoms with Crippen LogP contribution < -0.4 is 4.90 Å². The largest absolute Gasteiger partial charge is 0.395 e. The molecule has 7 heteroatoms. The number of aliphatic hydroxyl groups is 1. The van der Waals surface area contributed by atoms with E-state index >= 15 is 0 Å². The Morgan fingerprint density at radius 2 is 2.17 bits per heavy atom. The summed E-state index contributed by atoms with van der Waals surface area (Å²) < 4.78 is 1.68. The van der Waals surface area contributed by atoms with E-state index in [0.717, 1.165) is 18.7 Å². The molecule has 2 aromatic rings. The van der Waals surface area contributed by atoms with Crippen molar-refractivity contribution in [3.63, 3.8) is 0 Å². The van der Waals surface area contributed by atoms with Crippen LogP contribution >= 0.6 is 0 Å². The highest BCUT2D eigenvalue weighted by molar-refractivity contribution is 5.46. The van der Waals surface area contributed by atoms with Crippen molar-refractivity contribution >= 4 is 11.5 Å². The topological polar surface area (TPSA) is 79.4 Å². The number of anilines is 1. The third-order valence-electron chi connectivity index (χ3n) is 3.49. The maximum atomic E-state index is 9.26. The van der Waals surface area contributed by atoms with Crippen LogP contribution in [0.3, 0.4) is 0 Å². The van der Waals surface area contributed by atoms with Crippen molar-refractivity contribution in [1.82, 2.24) is 25.0 Å². The number of hydrogen-bond donors (Lipinski definition) is 1. The first-order valence-electron chi connectivity index (χ1n) is 6.30. The molecular formula is C11H16N6O. The summed E-state index contributed by atoms with van der Waals surface area (Å²) in [5, 5.41) is 20.8. The zero-order chi connectivity index (χ0) is 12.4. The Hall–Kier alpha value is -1.76. The first-order chi connectivity index (χ1) is 8.90. The third kappa shape index (κ3) is 1.90. The van der Waals surface area contributed by atoms with Crippen LogP contribution in [0.5, 0.6) is 0 Å². The van der Waals surface area contributed by atoms with Gasteiger partial charge in [-0.05, 0) is 23.3 Å². The molecule has 0 aromatic carbocycles. The minimum absolute atomic E-state index is 0.120. The molecular weight excluding hydrogens is 232 g/mol. The minimum Gasteiger partial charge on any atom is -0.395 e. The van der Waals surface area contributed by atoms with Crippen molar-refractivity contribution in [2.75, 3.05) is 18.1 Å². The SMILES string of the molecule is OCCN(c1cncc2nnnn12)C1CCCC1. The van der Waals surface area contributed by atoms with Gasteiger partial charge in [0.1, 0.15) is 0 Å². The van der Waals surface area contributed by atoms with E-state index in [1.807, 2.05) is 0 Å². The molecule has 1 aliphatic carbocycles. The molecule has 0 bridgehead atoms. The van der Waals surface area contributed by atoms with Gasteiger partial charge in [0.2, 0.25) is 0 Å². The van der Waals surface area contributed by atoms with Gasteiger partial charge in [-0.1, -0.05) is 12.8 Å². The van der Waals surface area contributed by atoms with Crippen LogP contribution in [0.25, 0.3) is 5.65 Å². The molecule has 1 saturated carbocycles. The fraction of sp³-hybridized carbons (Fsp3) is 0.636. The highest BCUT2D eigenvalue weighted by Crippen LogP contribution is 2.27. The van der Waals surface area contributed by atoms with E-state index in [2.05, 4.69) is 25.4 Å². The lowest BCUT2D eigenvalue weighted by atomic mass is 10.2. The van der Waals surface area contributed by atoms with Gasteiger partial charge in [-0.3, -0.25) is 4.98 Å². The lowest BCUT2D eigenvalue weighted by molar-refractivity contribution is 0.296. The molecule has 0 atom stereocenters. The second kappa shape index (κ2) is 4.85. The molecule has 1 N–H and O–H groups in total. The Balaban J connectivity index is 2.00. The van der Waals surface area contributed by atoms with Crippen LogP contribution in [-0.4, -0.2) is 49.3 Å². The van der Waals surface area contributed by atoms with E-state index in [1.165, 1.54) is 12.8 Å². The first-order valence-corrected chi connectivity index (χ1v) is 6.30. The summed E-state index contributed by atoms with van der Waals surface area (Å²) in [4.78, 5) is 6.34. The molecule has 3 rings (SSSR count). The van der Waals surface area contributed by atoms with Crippen molar-refractivity contribution in [3.05, 3.63) is 12.4 Å². The first kappa shape index (κ1) is 11.3. The zero-order valence-electron chi connectivity index (χ0n) is 10.1. The van der Waals surface area contributed by atoms with Crippen LogP contribution in [0.4, 0.5) is 5.82 Å². The smallest absolute Gasteiger partial charge is 0.199 e. The molecule has 0 unspecified atom stereocenters. The molecule has 96 valence electrons. The van der Waals surface area contributed by atoms with Gasteiger partial charge in [0.15, 0.2) is 11.5 Å². The van der Waals surface area contributed by atoms with Gasteiger partial charge < -0.3 is 10.0 Å². The van der Waals surface area contributed by atoms with E-state index in [4.69, 9.17) is 0 Å². The van der Waals surface area contributed by atoms with Crippen LogP contribution in [0.1, 0.15) is 25.7 Å². The van der Waals surface area contributed by atoms with E-state index in [-0.39, 0.29) is 6.61 Å². The number of aromatic nitrogens is 5. The summed E-state index contributed by atoms with van der Waals surface area (Å²) in [6, 6.07) is 0.453. The summed E-state index contributed by atoms with van der Waals surface area (Å²) >= 11 is 0. The predicted octanol–water partition coefficient (Wildman–Crippen LogP) is 0.261. The van der Waals surface area contributed by atoms with Crippen LogP contribution in [-0.2, 0) is 0 Å². The fourth-order valence-corrected chi connectivity index (χ4v) is 2.67. The Labute approximate surface area is 104 Å². The van der Waals surface area contributed by atoms with Crippen LogP contribution in [0, 0.1) is 0 Å². The van der Waals surface area contributed by atoms with Crippen molar-refractivity contribution in [1.29, 1.82) is 0 Å².